The molecule has 2 aromatic carbocycles. The first-order chi connectivity index (χ1) is 18.7. The van der Waals surface area contributed by atoms with Crippen molar-refractivity contribution >= 4 is 22.6 Å². The molecule has 2 fully saturated rings. The van der Waals surface area contributed by atoms with Gasteiger partial charge < -0.3 is 9.30 Å². The zero-order chi connectivity index (χ0) is 27.4. The van der Waals surface area contributed by atoms with Gasteiger partial charge in [0.15, 0.2) is 17.8 Å². The summed E-state index contributed by atoms with van der Waals surface area (Å²) >= 11 is 0. The van der Waals surface area contributed by atoms with Gasteiger partial charge in [-0.05, 0) is 62.9 Å². The van der Waals surface area contributed by atoms with E-state index in [1.54, 1.807) is 7.11 Å². The largest absolute Gasteiger partial charge is 0.381 e. The van der Waals surface area contributed by atoms with Crippen LogP contribution >= 0.6 is 0 Å². The summed E-state index contributed by atoms with van der Waals surface area (Å²) in [4.78, 5) is 19.2. The van der Waals surface area contributed by atoms with Crippen LogP contribution < -0.4 is 4.90 Å². The van der Waals surface area contributed by atoms with Crippen molar-refractivity contribution in [1.82, 2.24) is 19.3 Å². The Labute approximate surface area is 224 Å². The quantitative estimate of drug-likeness (QED) is 0.315. The number of fused-ring (bicyclic) bond motifs is 1. The monoisotopic (exact) mass is 537 g/mol. The normalized spacial score (nSPS) is 23.7. The van der Waals surface area contributed by atoms with E-state index in [1.165, 1.54) is 11.0 Å². The fourth-order valence-corrected chi connectivity index (χ4v) is 6.19. The first-order valence-electron chi connectivity index (χ1n) is 13.2. The highest BCUT2D eigenvalue weighted by atomic mass is 19.2. The van der Waals surface area contributed by atoms with Crippen LogP contribution in [0.1, 0.15) is 55.7 Å². The summed E-state index contributed by atoms with van der Waals surface area (Å²) in [6.45, 7) is 1.93. The molecule has 0 bridgehead atoms. The Hall–Kier alpha value is -3.66. The average Bonchev–Trinajstić information content (AvgIpc) is 3.57. The number of aryl methyl sites for hydroxylation is 2. The number of halogens is 3. The molecule has 1 amide bonds. The molecule has 0 N–H and O–H groups in total. The SMILES string of the molecule is COC1CCC(n2c([C@@H]3C[C@H](F)C(=O)N3c3ccc(F)c(F)c3)nc3cc(-c4cc(C)nn4C)ccc32)CC1. The van der Waals surface area contributed by atoms with Crippen molar-refractivity contribution in [3.63, 3.8) is 0 Å². The lowest BCUT2D eigenvalue weighted by molar-refractivity contribution is -0.121. The van der Waals surface area contributed by atoms with Crippen LogP contribution in [0.4, 0.5) is 18.9 Å². The van der Waals surface area contributed by atoms with Gasteiger partial charge in [0, 0.05) is 43.9 Å². The first kappa shape index (κ1) is 25.6. The number of amides is 1. The van der Waals surface area contributed by atoms with Crippen molar-refractivity contribution in [2.75, 3.05) is 12.0 Å². The number of rotatable bonds is 5. The third-order valence-electron chi connectivity index (χ3n) is 8.08. The molecule has 2 aromatic heterocycles. The molecule has 3 heterocycles. The molecule has 0 spiro atoms. The number of methoxy groups -OCH3 is 1. The average molecular weight is 538 g/mol. The van der Waals surface area contributed by atoms with E-state index in [0.717, 1.165) is 65.8 Å². The van der Waals surface area contributed by atoms with Crippen LogP contribution in [0.25, 0.3) is 22.3 Å². The lowest BCUT2D eigenvalue weighted by atomic mass is 9.92. The van der Waals surface area contributed by atoms with Crippen LogP contribution in [0, 0.1) is 18.6 Å². The maximum atomic E-state index is 15.0. The number of imidazole rings is 1. The van der Waals surface area contributed by atoms with Gasteiger partial charge in [0.1, 0.15) is 5.82 Å². The molecular formula is C29H30F3N5O2. The van der Waals surface area contributed by atoms with Gasteiger partial charge in [0.05, 0.1) is 34.6 Å². The molecule has 1 aliphatic heterocycles. The predicted molar refractivity (Wildman–Crippen MR) is 141 cm³/mol. The Morgan fingerprint density at radius 1 is 1.00 bits per heavy atom. The highest BCUT2D eigenvalue weighted by Gasteiger charge is 2.45. The third-order valence-corrected chi connectivity index (χ3v) is 8.08. The van der Waals surface area contributed by atoms with E-state index in [-0.39, 0.29) is 24.3 Å². The van der Waals surface area contributed by atoms with Crippen molar-refractivity contribution in [2.24, 2.45) is 7.05 Å². The van der Waals surface area contributed by atoms with E-state index < -0.39 is 29.8 Å². The highest BCUT2D eigenvalue weighted by Crippen LogP contribution is 2.43. The number of ether oxygens (including phenoxy) is 1. The van der Waals surface area contributed by atoms with E-state index in [2.05, 4.69) is 9.67 Å². The lowest BCUT2D eigenvalue weighted by Gasteiger charge is -2.32. The minimum atomic E-state index is -1.77. The number of benzene rings is 2. The number of carbonyl (C=O) groups is 1. The van der Waals surface area contributed by atoms with E-state index in [0.29, 0.717) is 5.82 Å². The number of alkyl halides is 1. The van der Waals surface area contributed by atoms with Crippen LogP contribution in [0.2, 0.25) is 0 Å². The van der Waals surface area contributed by atoms with Crippen molar-refractivity contribution in [1.29, 1.82) is 0 Å². The zero-order valence-electron chi connectivity index (χ0n) is 22.1. The van der Waals surface area contributed by atoms with Gasteiger partial charge >= 0.3 is 0 Å². The fraction of sp³-hybridized carbons (Fsp3) is 0.414. The molecule has 1 saturated heterocycles. The molecule has 2 aliphatic rings. The number of hydrogen-bond acceptors (Lipinski definition) is 4. The number of hydrogen-bond donors (Lipinski definition) is 0. The van der Waals surface area contributed by atoms with Crippen LogP contribution in [0.3, 0.4) is 0 Å². The molecule has 6 rings (SSSR count). The molecule has 204 valence electrons. The maximum absolute atomic E-state index is 15.0. The number of aromatic nitrogens is 4. The minimum Gasteiger partial charge on any atom is -0.381 e. The van der Waals surface area contributed by atoms with Crippen LogP contribution in [0.5, 0.6) is 0 Å². The lowest BCUT2D eigenvalue weighted by Crippen LogP contribution is -2.32. The number of carbonyl (C=O) groups excluding carboxylic acids is 1. The predicted octanol–water partition coefficient (Wildman–Crippen LogP) is 5.97. The first-order valence-corrected chi connectivity index (χ1v) is 13.2. The molecule has 7 nitrogen and oxygen atoms in total. The zero-order valence-corrected chi connectivity index (χ0v) is 22.1. The number of anilines is 1. The summed E-state index contributed by atoms with van der Waals surface area (Å²) in [5.74, 6) is -2.36. The molecule has 1 aliphatic carbocycles. The summed E-state index contributed by atoms with van der Waals surface area (Å²) in [5.41, 5.74) is 4.48. The molecule has 0 radical (unpaired) electrons. The summed E-state index contributed by atoms with van der Waals surface area (Å²) in [7, 11) is 3.60. The van der Waals surface area contributed by atoms with Gasteiger partial charge in [-0.15, -0.1) is 0 Å². The molecule has 39 heavy (non-hydrogen) atoms. The van der Waals surface area contributed by atoms with Gasteiger partial charge in [-0.3, -0.25) is 14.4 Å². The maximum Gasteiger partial charge on any atom is 0.262 e. The standard InChI is InChI=1S/C29H30F3N5O2/c1-16-12-26(35(2)34-16)17-4-11-25-24(13-17)33-28(36(25)18-5-8-20(39-3)9-6-18)27-15-23(32)29(38)37(27)19-7-10-21(30)22(31)14-19/h4,7,10-14,18,20,23,27H,5-6,8-9,15H2,1-3H3/t18?,20?,23-,27-/m0/s1. The fourth-order valence-electron chi connectivity index (χ4n) is 6.19. The minimum absolute atomic E-state index is 0.0711. The van der Waals surface area contributed by atoms with Crippen LogP contribution in [0.15, 0.2) is 42.5 Å². The summed E-state index contributed by atoms with van der Waals surface area (Å²) < 4.78 is 52.4. The Morgan fingerprint density at radius 2 is 1.77 bits per heavy atom. The summed E-state index contributed by atoms with van der Waals surface area (Å²) in [6, 6.07) is 10.5. The van der Waals surface area contributed by atoms with Crippen molar-refractivity contribution in [2.45, 2.75) is 63.4 Å². The van der Waals surface area contributed by atoms with E-state index in [4.69, 9.17) is 9.72 Å². The van der Waals surface area contributed by atoms with E-state index >= 15 is 4.39 Å². The van der Waals surface area contributed by atoms with Crippen molar-refractivity contribution in [3.8, 4) is 11.3 Å². The second-order valence-corrected chi connectivity index (χ2v) is 10.5. The van der Waals surface area contributed by atoms with Crippen molar-refractivity contribution in [3.05, 3.63) is 65.6 Å². The molecular weight excluding hydrogens is 507 g/mol. The molecule has 10 heteroatoms. The Morgan fingerprint density at radius 3 is 2.44 bits per heavy atom. The highest BCUT2D eigenvalue weighted by molar-refractivity contribution is 5.99. The summed E-state index contributed by atoms with van der Waals surface area (Å²) in [5, 5.41) is 4.45. The Kier molecular flexibility index (Phi) is 6.45. The molecule has 2 atom stereocenters. The Bertz CT molecular complexity index is 1560. The van der Waals surface area contributed by atoms with Gasteiger partial charge in [-0.25, -0.2) is 18.2 Å². The number of nitrogens with zero attached hydrogens (tertiary/aromatic N) is 5. The van der Waals surface area contributed by atoms with Gasteiger partial charge in [-0.2, -0.15) is 5.10 Å². The van der Waals surface area contributed by atoms with Gasteiger partial charge in [0.25, 0.3) is 5.91 Å². The van der Waals surface area contributed by atoms with Gasteiger partial charge in [-0.1, -0.05) is 6.07 Å². The second kappa shape index (κ2) is 9.82. The summed E-state index contributed by atoms with van der Waals surface area (Å²) in [6.07, 6.45) is 1.70. The van der Waals surface area contributed by atoms with Gasteiger partial charge in [0.2, 0.25) is 0 Å². The molecule has 0 unspecified atom stereocenters. The topological polar surface area (TPSA) is 65.2 Å². The van der Waals surface area contributed by atoms with Crippen LogP contribution in [-0.2, 0) is 16.6 Å². The van der Waals surface area contributed by atoms with Crippen LogP contribution in [-0.4, -0.2) is 44.6 Å². The Balaban J connectivity index is 1.50. The van der Waals surface area contributed by atoms with E-state index in [9.17, 15) is 13.6 Å². The van der Waals surface area contributed by atoms with E-state index in [1.807, 2.05) is 42.9 Å². The van der Waals surface area contributed by atoms with Crippen molar-refractivity contribution < 1.29 is 22.7 Å². The third kappa shape index (κ3) is 4.40. The molecule has 4 aromatic rings. The second-order valence-electron chi connectivity index (χ2n) is 10.5. The molecule has 1 saturated carbocycles. The smallest absolute Gasteiger partial charge is 0.262 e.